The predicted octanol–water partition coefficient (Wildman–Crippen LogP) is 3.39. The Morgan fingerprint density at radius 3 is 2.28 bits per heavy atom. The Hall–Kier alpha value is -1.07. The topological polar surface area (TPSA) is 21.3 Å². The number of hydrogen-bond donors (Lipinski definition) is 1. The lowest BCUT2D eigenvalue weighted by atomic mass is 10.0. The van der Waals surface area contributed by atoms with E-state index in [0.717, 1.165) is 24.1 Å². The number of nitrogens with one attached hydrogen (secondary N) is 1. The Balaban J connectivity index is 2.69. The molecule has 0 fully saturated rings. The Bertz CT molecular complexity index is 348. The van der Waals surface area contributed by atoms with E-state index in [1.54, 1.807) is 7.05 Å². The number of halogens is 3. The molecule has 0 heterocycles. The molecule has 5 heteroatoms. The minimum absolute atomic E-state index is 0.0128. The molecule has 0 aliphatic heterocycles. The smallest absolute Gasteiger partial charge is 0.382 e. The van der Waals surface area contributed by atoms with Crippen molar-refractivity contribution >= 4 is 0 Å². The van der Waals surface area contributed by atoms with Crippen LogP contribution in [0.1, 0.15) is 30.5 Å². The van der Waals surface area contributed by atoms with Gasteiger partial charge in [-0.2, -0.15) is 13.2 Å². The van der Waals surface area contributed by atoms with E-state index in [0.29, 0.717) is 13.2 Å². The van der Waals surface area contributed by atoms with Crippen LogP contribution in [0.3, 0.4) is 0 Å². The van der Waals surface area contributed by atoms with E-state index in [4.69, 9.17) is 4.74 Å². The first-order valence-corrected chi connectivity index (χ1v) is 5.91. The van der Waals surface area contributed by atoms with Gasteiger partial charge in [0, 0.05) is 19.3 Å². The van der Waals surface area contributed by atoms with Gasteiger partial charge < -0.3 is 10.1 Å². The molecule has 0 radical (unpaired) electrons. The van der Waals surface area contributed by atoms with Crippen LogP contribution in [0.2, 0.25) is 0 Å². The summed E-state index contributed by atoms with van der Waals surface area (Å²) in [5.41, 5.74) is 0.219. The normalized spacial score (nSPS) is 13.6. The quantitative estimate of drug-likeness (QED) is 0.792. The number of hydrogen-bond acceptors (Lipinski definition) is 2. The van der Waals surface area contributed by atoms with Gasteiger partial charge in [0.05, 0.1) is 5.56 Å². The average molecular weight is 261 g/mol. The van der Waals surface area contributed by atoms with Gasteiger partial charge in [-0.05, 0) is 38.1 Å². The number of alkyl halides is 3. The van der Waals surface area contributed by atoms with Crippen LogP contribution < -0.4 is 5.32 Å². The molecule has 1 aromatic rings. The largest absolute Gasteiger partial charge is 0.416 e. The average Bonchev–Trinajstić information content (AvgIpc) is 2.34. The summed E-state index contributed by atoms with van der Waals surface area (Å²) in [5, 5.41) is 3.07. The van der Waals surface area contributed by atoms with Crippen molar-refractivity contribution < 1.29 is 17.9 Å². The fourth-order valence-corrected chi connectivity index (χ4v) is 1.73. The molecule has 2 nitrogen and oxygen atoms in total. The molecule has 0 saturated carbocycles. The maximum atomic E-state index is 12.4. The molecular weight excluding hydrogens is 243 g/mol. The maximum absolute atomic E-state index is 12.4. The molecule has 0 aromatic heterocycles. The summed E-state index contributed by atoms with van der Waals surface area (Å²) in [6.07, 6.45) is -3.55. The van der Waals surface area contributed by atoms with E-state index in [1.165, 1.54) is 12.1 Å². The molecule has 102 valence electrons. The number of benzene rings is 1. The summed E-state index contributed by atoms with van der Waals surface area (Å²) in [4.78, 5) is 0. The van der Waals surface area contributed by atoms with E-state index in [2.05, 4.69) is 5.32 Å². The van der Waals surface area contributed by atoms with Crippen LogP contribution in [0.15, 0.2) is 24.3 Å². The Morgan fingerprint density at radius 2 is 1.83 bits per heavy atom. The van der Waals surface area contributed by atoms with Gasteiger partial charge >= 0.3 is 6.18 Å². The Morgan fingerprint density at radius 1 is 1.22 bits per heavy atom. The second-order valence-corrected chi connectivity index (χ2v) is 3.95. The van der Waals surface area contributed by atoms with Gasteiger partial charge in [0.25, 0.3) is 0 Å². The van der Waals surface area contributed by atoms with Crippen molar-refractivity contribution in [1.82, 2.24) is 5.32 Å². The molecule has 0 amide bonds. The van der Waals surface area contributed by atoms with Crippen molar-refractivity contribution in [3.8, 4) is 0 Å². The second-order valence-electron chi connectivity index (χ2n) is 3.95. The highest BCUT2D eigenvalue weighted by atomic mass is 19.4. The van der Waals surface area contributed by atoms with E-state index in [-0.39, 0.29) is 6.04 Å². The van der Waals surface area contributed by atoms with Crippen molar-refractivity contribution in [3.05, 3.63) is 35.4 Å². The van der Waals surface area contributed by atoms with Crippen molar-refractivity contribution in [2.24, 2.45) is 0 Å². The van der Waals surface area contributed by atoms with Crippen LogP contribution in [0.4, 0.5) is 13.2 Å². The van der Waals surface area contributed by atoms with Crippen LogP contribution in [-0.2, 0) is 10.9 Å². The Kier molecular flexibility index (Phi) is 5.62. The molecule has 1 N–H and O–H groups in total. The third-order valence-corrected chi connectivity index (χ3v) is 2.74. The van der Waals surface area contributed by atoms with Gasteiger partial charge in [-0.25, -0.2) is 0 Å². The van der Waals surface area contributed by atoms with Gasteiger partial charge in [-0.15, -0.1) is 0 Å². The van der Waals surface area contributed by atoms with Gasteiger partial charge in [0.2, 0.25) is 0 Å². The summed E-state index contributed by atoms with van der Waals surface area (Å²) >= 11 is 0. The Labute approximate surface area is 105 Å². The lowest BCUT2D eigenvalue weighted by Crippen LogP contribution is -2.18. The highest BCUT2D eigenvalue weighted by Gasteiger charge is 2.30. The van der Waals surface area contributed by atoms with Crippen LogP contribution in [0.5, 0.6) is 0 Å². The van der Waals surface area contributed by atoms with E-state index < -0.39 is 11.7 Å². The SMILES string of the molecule is CCOCCC(NC)c1ccc(C(F)(F)F)cc1. The summed E-state index contributed by atoms with van der Waals surface area (Å²) < 4.78 is 42.5. The standard InChI is InChI=1S/C13H18F3NO/c1-3-18-9-8-12(17-2)10-4-6-11(7-5-10)13(14,15)16/h4-7,12,17H,3,8-9H2,1-2H3. The third-order valence-electron chi connectivity index (χ3n) is 2.74. The predicted molar refractivity (Wildman–Crippen MR) is 64.4 cm³/mol. The monoisotopic (exact) mass is 261 g/mol. The zero-order chi connectivity index (χ0) is 13.6. The minimum atomic E-state index is -4.28. The molecule has 0 saturated heterocycles. The van der Waals surface area contributed by atoms with Crippen LogP contribution in [0, 0.1) is 0 Å². The van der Waals surface area contributed by atoms with E-state index in [1.807, 2.05) is 6.92 Å². The van der Waals surface area contributed by atoms with Crippen molar-refractivity contribution in [3.63, 3.8) is 0 Å². The molecule has 0 spiro atoms. The minimum Gasteiger partial charge on any atom is -0.382 e. The summed E-state index contributed by atoms with van der Waals surface area (Å²) in [6, 6.07) is 5.26. The van der Waals surface area contributed by atoms with E-state index >= 15 is 0 Å². The molecular formula is C13H18F3NO. The van der Waals surface area contributed by atoms with Crippen molar-refractivity contribution in [2.45, 2.75) is 25.6 Å². The van der Waals surface area contributed by atoms with E-state index in [9.17, 15) is 13.2 Å². The van der Waals surface area contributed by atoms with Gasteiger partial charge in [-0.3, -0.25) is 0 Å². The molecule has 0 aliphatic rings. The zero-order valence-corrected chi connectivity index (χ0v) is 10.6. The number of rotatable bonds is 6. The van der Waals surface area contributed by atoms with Crippen LogP contribution in [0.25, 0.3) is 0 Å². The van der Waals surface area contributed by atoms with Crippen molar-refractivity contribution in [2.75, 3.05) is 20.3 Å². The fraction of sp³-hybridized carbons (Fsp3) is 0.538. The molecule has 0 bridgehead atoms. The molecule has 1 unspecified atom stereocenters. The first kappa shape index (κ1) is 15.0. The molecule has 1 atom stereocenters. The number of ether oxygens (including phenoxy) is 1. The summed E-state index contributed by atoms with van der Waals surface area (Å²) in [7, 11) is 1.79. The second kappa shape index (κ2) is 6.75. The summed E-state index contributed by atoms with van der Waals surface area (Å²) in [5.74, 6) is 0. The van der Waals surface area contributed by atoms with Crippen molar-refractivity contribution in [1.29, 1.82) is 0 Å². The van der Waals surface area contributed by atoms with Crippen LogP contribution >= 0.6 is 0 Å². The van der Waals surface area contributed by atoms with Gasteiger partial charge in [-0.1, -0.05) is 12.1 Å². The third kappa shape index (κ3) is 4.31. The summed E-state index contributed by atoms with van der Waals surface area (Å²) in [6.45, 7) is 3.14. The fourth-order valence-electron chi connectivity index (χ4n) is 1.73. The van der Waals surface area contributed by atoms with Gasteiger partial charge in [0.1, 0.15) is 0 Å². The zero-order valence-electron chi connectivity index (χ0n) is 10.6. The lowest BCUT2D eigenvalue weighted by molar-refractivity contribution is -0.137. The molecule has 0 aliphatic carbocycles. The first-order valence-electron chi connectivity index (χ1n) is 5.91. The lowest BCUT2D eigenvalue weighted by Gasteiger charge is -2.17. The highest BCUT2D eigenvalue weighted by molar-refractivity contribution is 5.26. The van der Waals surface area contributed by atoms with Gasteiger partial charge in [0.15, 0.2) is 0 Å². The maximum Gasteiger partial charge on any atom is 0.416 e. The molecule has 1 aromatic carbocycles. The molecule has 1 rings (SSSR count). The molecule has 18 heavy (non-hydrogen) atoms. The highest BCUT2D eigenvalue weighted by Crippen LogP contribution is 2.30. The first-order chi connectivity index (χ1) is 8.49. The van der Waals surface area contributed by atoms with Crippen LogP contribution in [-0.4, -0.2) is 20.3 Å².